The van der Waals surface area contributed by atoms with Gasteiger partial charge in [0.2, 0.25) is 0 Å². The summed E-state index contributed by atoms with van der Waals surface area (Å²) in [6.07, 6.45) is 1.66. The quantitative estimate of drug-likeness (QED) is 0.873. The second-order valence-electron chi connectivity index (χ2n) is 5.02. The van der Waals surface area contributed by atoms with E-state index in [0.29, 0.717) is 23.3 Å². The average molecular weight is 296 g/mol. The molecule has 0 spiro atoms. The van der Waals surface area contributed by atoms with E-state index in [-0.39, 0.29) is 17.2 Å². The van der Waals surface area contributed by atoms with Gasteiger partial charge in [-0.1, -0.05) is 13.0 Å². The maximum atomic E-state index is 11.7. The van der Waals surface area contributed by atoms with Crippen molar-refractivity contribution >= 4 is 26.8 Å². The highest BCUT2D eigenvalue weighted by molar-refractivity contribution is 7.91. The Hall–Kier alpha value is -1.89. The molecule has 0 amide bonds. The summed E-state index contributed by atoms with van der Waals surface area (Å²) in [5.74, 6) is -0.329. The maximum absolute atomic E-state index is 11.7. The second kappa shape index (κ2) is 5.24. The SMILES string of the molecule is CC(CC(=O)O)Cc1nc2c(S(C)(=O)=O)cccc2[nH]1. The molecule has 0 fully saturated rings. The molecule has 7 heteroatoms. The van der Waals surface area contributed by atoms with Gasteiger partial charge in [0.15, 0.2) is 9.84 Å². The van der Waals surface area contributed by atoms with E-state index in [1.54, 1.807) is 12.1 Å². The van der Waals surface area contributed by atoms with Crippen molar-refractivity contribution in [2.24, 2.45) is 5.92 Å². The van der Waals surface area contributed by atoms with Gasteiger partial charge in [-0.2, -0.15) is 0 Å². The number of para-hydroxylation sites is 1. The molecule has 1 aromatic heterocycles. The van der Waals surface area contributed by atoms with Crippen LogP contribution in [0.5, 0.6) is 0 Å². The summed E-state index contributed by atoms with van der Waals surface area (Å²) >= 11 is 0. The van der Waals surface area contributed by atoms with Crippen LogP contribution >= 0.6 is 0 Å². The van der Waals surface area contributed by atoms with E-state index < -0.39 is 15.8 Å². The molecule has 0 aliphatic heterocycles. The Labute approximate surface area is 116 Å². The molecule has 0 aliphatic rings. The van der Waals surface area contributed by atoms with Crippen molar-refractivity contribution in [1.82, 2.24) is 9.97 Å². The third-order valence-corrected chi connectivity index (χ3v) is 4.12. The van der Waals surface area contributed by atoms with Crippen molar-refractivity contribution in [3.8, 4) is 0 Å². The largest absolute Gasteiger partial charge is 0.481 e. The summed E-state index contributed by atoms with van der Waals surface area (Å²) in [6, 6.07) is 4.92. The highest BCUT2D eigenvalue weighted by Crippen LogP contribution is 2.22. The van der Waals surface area contributed by atoms with Gasteiger partial charge in [-0.15, -0.1) is 0 Å². The van der Waals surface area contributed by atoms with E-state index in [1.165, 1.54) is 6.07 Å². The van der Waals surface area contributed by atoms with E-state index in [1.807, 2.05) is 6.92 Å². The smallest absolute Gasteiger partial charge is 0.303 e. The Bertz CT molecular complexity index is 749. The number of aromatic amines is 1. The number of H-pyrrole nitrogens is 1. The van der Waals surface area contributed by atoms with Gasteiger partial charge in [0.05, 0.1) is 10.4 Å². The van der Waals surface area contributed by atoms with Crippen LogP contribution in [-0.2, 0) is 21.1 Å². The van der Waals surface area contributed by atoms with Gasteiger partial charge in [-0.25, -0.2) is 13.4 Å². The van der Waals surface area contributed by atoms with E-state index in [9.17, 15) is 13.2 Å². The number of hydrogen-bond donors (Lipinski definition) is 2. The molecule has 2 aromatic rings. The Morgan fingerprint density at radius 3 is 2.75 bits per heavy atom. The summed E-state index contributed by atoms with van der Waals surface area (Å²) in [6.45, 7) is 1.82. The van der Waals surface area contributed by atoms with Gasteiger partial charge in [-0.05, 0) is 18.1 Å². The maximum Gasteiger partial charge on any atom is 0.303 e. The number of rotatable bonds is 5. The molecule has 1 aromatic carbocycles. The Balaban J connectivity index is 2.37. The lowest BCUT2D eigenvalue weighted by Crippen LogP contribution is -2.07. The topological polar surface area (TPSA) is 100 Å². The predicted molar refractivity (Wildman–Crippen MR) is 74.3 cm³/mol. The molecule has 1 atom stereocenters. The molecule has 0 aliphatic carbocycles. The molecule has 6 nitrogen and oxygen atoms in total. The van der Waals surface area contributed by atoms with Crippen molar-refractivity contribution in [3.63, 3.8) is 0 Å². The molecule has 1 heterocycles. The molecule has 0 saturated heterocycles. The molecule has 2 N–H and O–H groups in total. The zero-order valence-electron chi connectivity index (χ0n) is 11.3. The zero-order chi connectivity index (χ0) is 14.9. The van der Waals surface area contributed by atoms with E-state index >= 15 is 0 Å². The van der Waals surface area contributed by atoms with Gasteiger partial charge < -0.3 is 10.1 Å². The third kappa shape index (κ3) is 3.16. The number of nitrogens with zero attached hydrogens (tertiary/aromatic N) is 1. The van der Waals surface area contributed by atoms with Crippen molar-refractivity contribution < 1.29 is 18.3 Å². The number of carbonyl (C=O) groups is 1. The van der Waals surface area contributed by atoms with Gasteiger partial charge in [-0.3, -0.25) is 4.79 Å². The van der Waals surface area contributed by atoms with Crippen LogP contribution in [0.1, 0.15) is 19.2 Å². The molecule has 1 unspecified atom stereocenters. The number of aliphatic carboxylic acids is 1. The average Bonchev–Trinajstić information content (AvgIpc) is 2.67. The number of carboxylic acids is 1. The van der Waals surface area contributed by atoms with Crippen LogP contribution in [0.2, 0.25) is 0 Å². The minimum Gasteiger partial charge on any atom is -0.481 e. The number of hydrogen-bond acceptors (Lipinski definition) is 4. The highest BCUT2D eigenvalue weighted by Gasteiger charge is 2.16. The fourth-order valence-corrected chi connectivity index (χ4v) is 2.99. The number of imidazole rings is 1. The molecule has 0 radical (unpaired) electrons. The number of sulfone groups is 1. The predicted octanol–water partition coefficient (Wildman–Crippen LogP) is 1.62. The first-order valence-electron chi connectivity index (χ1n) is 6.17. The number of aromatic nitrogens is 2. The van der Waals surface area contributed by atoms with Gasteiger partial charge in [0, 0.05) is 19.1 Å². The fourth-order valence-electron chi connectivity index (χ4n) is 2.15. The molecule has 108 valence electrons. The Morgan fingerprint density at radius 2 is 2.15 bits per heavy atom. The highest BCUT2D eigenvalue weighted by atomic mass is 32.2. The summed E-state index contributed by atoms with van der Waals surface area (Å²) in [5.41, 5.74) is 1.05. The minimum absolute atomic E-state index is 0.0516. The number of benzene rings is 1. The van der Waals surface area contributed by atoms with Crippen LogP contribution in [-0.4, -0.2) is 35.7 Å². The van der Waals surface area contributed by atoms with Crippen LogP contribution in [0.4, 0.5) is 0 Å². The van der Waals surface area contributed by atoms with Crippen LogP contribution in [0.3, 0.4) is 0 Å². The number of nitrogens with one attached hydrogen (secondary N) is 1. The van der Waals surface area contributed by atoms with E-state index in [4.69, 9.17) is 5.11 Å². The van der Waals surface area contributed by atoms with Crippen molar-refractivity contribution in [2.75, 3.05) is 6.26 Å². The van der Waals surface area contributed by atoms with Gasteiger partial charge >= 0.3 is 5.97 Å². The van der Waals surface area contributed by atoms with Gasteiger partial charge in [0.1, 0.15) is 11.3 Å². The monoisotopic (exact) mass is 296 g/mol. The molecule has 0 bridgehead atoms. The molecular formula is C13H16N2O4S. The first-order valence-corrected chi connectivity index (χ1v) is 8.06. The normalized spacial score (nSPS) is 13.5. The second-order valence-corrected chi connectivity index (χ2v) is 7.00. The minimum atomic E-state index is -3.34. The first kappa shape index (κ1) is 14.5. The first-order chi connectivity index (χ1) is 9.27. The van der Waals surface area contributed by atoms with Crippen molar-refractivity contribution in [2.45, 2.75) is 24.7 Å². The molecule has 20 heavy (non-hydrogen) atoms. The van der Waals surface area contributed by atoms with Crippen LogP contribution in [0.25, 0.3) is 11.0 Å². The number of fused-ring (bicyclic) bond motifs is 1. The third-order valence-electron chi connectivity index (χ3n) is 2.99. The van der Waals surface area contributed by atoms with Crippen molar-refractivity contribution in [3.05, 3.63) is 24.0 Å². The molecule has 2 rings (SSSR count). The van der Waals surface area contributed by atoms with E-state index in [2.05, 4.69) is 9.97 Å². The summed E-state index contributed by atoms with van der Waals surface area (Å²) in [4.78, 5) is 18.2. The summed E-state index contributed by atoms with van der Waals surface area (Å²) < 4.78 is 23.4. The summed E-state index contributed by atoms with van der Waals surface area (Å²) in [5, 5.41) is 8.74. The van der Waals surface area contributed by atoms with Gasteiger partial charge in [0.25, 0.3) is 0 Å². The molecular weight excluding hydrogens is 280 g/mol. The summed E-state index contributed by atoms with van der Waals surface area (Å²) in [7, 11) is -3.34. The Kier molecular flexibility index (Phi) is 3.80. The van der Waals surface area contributed by atoms with Crippen molar-refractivity contribution in [1.29, 1.82) is 0 Å². The lowest BCUT2D eigenvalue weighted by atomic mass is 10.0. The Morgan fingerprint density at radius 1 is 1.45 bits per heavy atom. The van der Waals surface area contributed by atoms with Crippen LogP contribution < -0.4 is 0 Å². The van der Waals surface area contributed by atoms with Crippen LogP contribution in [0, 0.1) is 5.92 Å². The fraction of sp³-hybridized carbons (Fsp3) is 0.385. The zero-order valence-corrected chi connectivity index (χ0v) is 12.1. The lowest BCUT2D eigenvalue weighted by molar-refractivity contribution is -0.137. The lowest BCUT2D eigenvalue weighted by Gasteiger charge is -2.04. The molecule has 0 saturated carbocycles. The number of carboxylic acid groups (broad SMARTS) is 1. The standard InChI is InChI=1S/C13H16N2O4S/c1-8(7-12(16)17)6-11-14-9-4-3-5-10(13(9)15-11)20(2,18)19/h3-5,8H,6-7H2,1-2H3,(H,14,15)(H,16,17). The van der Waals surface area contributed by atoms with E-state index in [0.717, 1.165) is 6.26 Å². The van der Waals surface area contributed by atoms with Crippen LogP contribution in [0.15, 0.2) is 23.1 Å².